The number of fused-ring (bicyclic) bond motifs is 6. The average molecular weight is 404 g/mol. The molecule has 1 aliphatic heterocycles. The summed E-state index contributed by atoms with van der Waals surface area (Å²) in [5.41, 5.74) is 3.09. The fourth-order valence-electron chi connectivity index (χ4n) is 3.36. The second-order valence-corrected chi connectivity index (χ2v) is 6.85. The molecule has 3 aromatic rings. The van der Waals surface area contributed by atoms with Crippen LogP contribution < -0.4 is 9.47 Å². The maximum atomic E-state index is 14.8. The Morgan fingerprint density at radius 3 is 2.83 bits per heavy atom. The van der Waals surface area contributed by atoms with Crippen molar-refractivity contribution in [3.63, 3.8) is 0 Å². The molecule has 2 aromatic carbocycles. The number of halogens is 1. The Morgan fingerprint density at radius 2 is 2.03 bits per heavy atom. The Balaban J connectivity index is 1.81. The zero-order valence-electron chi connectivity index (χ0n) is 15.9. The molecule has 2 heterocycles. The van der Waals surface area contributed by atoms with E-state index in [1.807, 2.05) is 6.07 Å². The van der Waals surface area contributed by atoms with Crippen molar-refractivity contribution in [1.82, 2.24) is 4.98 Å². The molecule has 4 rings (SSSR count). The molecule has 0 saturated heterocycles. The molecule has 4 bridgehead atoms. The number of benzene rings is 2. The number of hydrogen-bond acceptors (Lipinski definition) is 5. The molecular formula is C23H17FN2O4. The van der Waals surface area contributed by atoms with Crippen molar-refractivity contribution < 1.29 is 23.8 Å². The monoisotopic (exact) mass is 404 g/mol. The van der Waals surface area contributed by atoms with Crippen LogP contribution in [0.1, 0.15) is 22.3 Å². The minimum absolute atomic E-state index is 0.202. The Morgan fingerprint density at radius 1 is 1.17 bits per heavy atom. The fourth-order valence-corrected chi connectivity index (χ4v) is 3.36. The zero-order chi connectivity index (χ0) is 21.1. The predicted molar refractivity (Wildman–Crippen MR) is 106 cm³/mol. The molecule has 0 atom stereocenters. The molecule has 0 saturated carbocycles. The largest absolute Gasteiger partial charge is 0.493 e. The van der Waals surface area contributed by atoms with E-state index < -0.39 is 11.8 Å². The van der Waals surface area contributed by atoms with Crippen LogP contribution in [0.5, 0.6) is 11.6 Å². The van der Waals surface area contributed by atoms with Crippen molar-refractivity contribution in [3.8, 4) is 29.0 Å². The molecule has 0 amide bonds. The molecule has 0 aliphatic carbocycles. The van der Waals surface area contributed by atoms with Gasteiger partial charge in [-0.1, -0.05) is 12.1 Å². The van der Waals surface area contributed by atoms with Crippen LogP contribution in [0, 0.1) is 17.1 Å². The Labute approximate surface area is 172 Å². The van der Waals surface area contributed by atoms with Gasteiger partial charge in [-0.2, -0.15) is 5.26 Å². The summed E-state index contributed by atoms with van der Waals surface area (Å²) >= 11 is 0. The number of carboxylic acids is 1. The highest BCUT2D eigenvalue weighted by molar-refractivity contribution is 5.73. The highest BCUT2D eigenvalue weighted by atomic mass is 19.1. The van der Waals surface area contributed by atoms with Crippen LogP contribution in [0.25, 0.3) is 11.3 Å². The second kappa shape index (κ2) is 8.21. The van der Waals surface area contributed by atoms with Gasteiger partial charge in [0, 0.05) is 23.6 Å². The first-order chi connectivity index (χ1) is 14.5. The first-order valence-electron chi connectivity index (χ1n) is 9.32. The summed E-state index contributed by atoms with van der Waals surface area (Å²) in [4.78, 5) is 15.6. The van der Waals surface area contributed by atoms with Gasteiger partial charge in [-0.3, -0.25) is 4.79 Å². The van der Waals surface area contributed by atoms with Gasteiger partial charge in [0.1, 0.15) is 18.2 Å². The molecule has 0 radical (unpaired) electrons. The van der Waals surface area contributed by atoms with Crippen molar-refractivity contribution in [2.45, 2.75) is 19.4 Å². The van der Waals surface area contributed by atoms with Gasteiger partial charge in [-0.25, -0.2) is 9.37 Å². The fraction of sp³-hybridized carbons (Fsp3) is 0.174. The number of nitriles is 1. The number of aliphatic carboxylic acids is 1. The molecule has 1 N–H and O–H groups in total. The van der Waals surface area contributed by atoms with Crippen LogP contribution in [-0.2, 0) is 24.2 Å². The lowest BCUT2D eigenvalue weighted by Gasteiger charge is -2.14. The van der Waals surface area contributed by atoms with Crippen molar-refractivity contribution >= 4 is 5.97 Å². The molecule has 0 fully saturated rings. The van der Waals surface area contributed by atoms with E-state index in [1.165, 1.54) is 12.1 Å². The van der Waals surface area contributed by atoms with E-state index >= 15 is 0 Å². The van der Waals surface area contributed by atoms with Crippen LogP contribution >= 0.6 is 0 Å². The SMILES string of the molecule is N#Cc1ccc2c(c1)CCOc1cc(c(F)cc1CC(=O)O)-c1cccc(n1)OC2. The van der Waals surface area contributed by atoms with E-state index in [2.05, 4.69) is 11.1 Å². The van der Waals surface area contributed by atoms with Gasteiger partial charge >= 0.3 is 5.97 Å². The number of ether oxygens (including phenoxy) is 2. The lowest BCUT2D eigenvalue weighted by molar-refractivity contribution is -0.136. The number of carbonyl (C=O) groups is 1. The Hall–Kier alpha value is -3.92. The molecule has 1 aromatic heterocycles. The average Bonchev–Trinajstić information content (AvgIpc) is 2.74. The highest BCUT2D eigenvalue weighted by Gasteiger charge is 2.17. The van der Waals surface area contributed by atoms with Crippen LogP contribution in [0.4, 0.5) is 4.39 Å². The van der Waals surface area contributed by atoms with Crippen molar-refractivity contribution in [2.24, 2.45) is 0 Å². The Kier molecular flexibility index (Phi) is 5.31. The quantitative estimate of drug-likeness (QED) is 0.696. The molecule has 1 aliphatic rings. The highest BCUT2D eigenvalue weighted by Crippen LogP contribution is 2.31. The maximum Gasteiger partial charge on any atom is 0.307 e. The van der Waals surface area contributed by atoms with Crippen molar-refractivity contribution in [2.75, 3.05) is 6.61 Å². The second-order valence-electron chi connectivity index (χ2n) is 6.85. The van der Waals surface area contributed by atoms with Gasteiger partial charge < -0.3 is 14.6 Å². The van der Waals surface area contributed by atoms with Gasteiger partial charge in [0.05, 0.1) is 30.4 Å². The number of hydrogen-bond donors (Lipinski definition) is 1. The smallest absolute Gasteiger partial charge is 0.307 e. The summed E-state index contributed by atoms with van der Waals surface area (Å²) in [6.07, 6.45) is 0.108. The molecule has 0 spiro atoms. The molecule has 0 unspecified atom stereocenters. The summed E-state index contributed by atoms with van der Waals surface area (Å²) in [5, 5.41) is 18.4. The number of pyridine rings is 1. The number of aromatic nitrogens is 1. The standard InChI is InChI=1S/C23H17FN2O4/c24-19-9-17(10-23(27)28)21-11-18(19)20-2-1-3-22(26-20)30-13-16-5-4-14(12-25)8-15(16)6-7-29-21/h1-5,8-9,11H,6-7,10,13H2,(H,27,28). The van der Waals surface area contributed by atoms with Gasteiger partial charge in [0.25, 0.3) is 0 Å². The lowest BCUT2D eigenvalue weighted by Crippen LogP contribution is -2.09. The first-order valence-corrected chi connectivity index (χ1v) is 9.32. The van der Waals surface area contributed by atoms with Crippen molar-refractivity contribution in [1.29, 1.82) is 5.26 Å². The third-order valence-electron chi connectivity index (χ3n) is 4.83. The minimum Gasteiger partial charge on any atom is -0.493 e. The molecule has 6 nitrogen and oxygen atoms in total. The minimum atomic E-state index is -1.08. The Bertz CT molecular complexity index is 1170. The summed E-state index contributed by atoms with van der Waals surface area (Å²) in [6, 6.07) is 15.1. The summed E-state index contributed by atoms with van der Waals surface area (Å²) in [7, 11) is 0. The maximum absolute atomic E-state index is 14.8. The van der Waals surface area contributed by atoms with E-state index in [0.29, 0.717) is 29.3 Å². The van der Waals surface area contributed by atoms with E-state index in [9.17, 15) is 19.6 Å². The van der Waals surface area contributed by atoms with Gasteiger partial charge in [-0.15, -0.1) is 0 Å². The van der Waals surface area contributed by atoms with E-state index in [0.717, 1.165) is 11.1 Å². The predicted octanol–water partition coefficient (Wildman–Crippen LogP) is 3.90. The van der Waals surface area contributed by atoms with E-state index in [-0.39, 0.29) is 30.8 Å². The molecule has 150 valence electrons. The van der Waals surface area contributed by atoms with Crippen LogP contribution in [0.2, 0.25) is 0 Å². The number of nitrogens with zero attached hydrogens (tertiary/aromatic N) is 2. The molecule has 30 heavy (non-hydrogen) atoms. The van der Waals surface area contributed by atoms with E-state index in [1.54, 1.807) is 30.3 Å². The van der Waals surface area contributed by atoms with Gasteiger partial charge in [0.2, 0.25) is 5.88 Å². The molecular weight excluding hydrogens is 387 g/mol. The van der Waals surface area contributed by atoms with Crippen LogP contribution in [-0.4, -0.2) is 22.7 Å². The normalized spacial score (nSPS) is 12.7. The van der Waals surface area contributed by atoms with Gasteiger partial charge in [-0.05, 0) is 41.5 Å². The first kappa shape index (κ1) is 19.4. The third-order valence-corrected chi connectivity index (χ3v) is 4.83. The van der Waals surface area contributed by atoms with Crippen molar-refractivity contribution in [3.05, 3.63) is 76.6 Å². The van der Waals surface area contributed by atoms with Crippen LogP contribution in [0.15, 0.2) is 48.5 Å². The topological polar surface area (TPSA) is 92.4 Å². The van der Waals surface area contributed by atoms with Crippen LogP contribution in [0.3, 0.4) is 0 Å². The third kappa shape index (κ3) is 4.08. The lowest BCUT2D eigenvalue weighted by atomic mass is 10.0. The number of rotatable bonds is 2. The zero-order valence-corrected chi connectivity index (χ0v) is 15.9. The molecule has 7 heteroatoms. The van der Waals surface area contributed by atoms with Gasteiger partial charge in [0.15, 0.2) is 0 Å². The summed E-state index contributed by atoms with van der Waals surface area (Å²) < 4.78 is 26.4. The number of carboxylic acid groups (broad SMARTS) is 1. The summed E-state index contributed by atoms with van der Waals surface area (Å²) in [5.74, 6) is -1.04. The van der Waals surface area contributed by atoms with E-state index in [4.69, 9.17) is 9.47 Å². The summed E-state index contributed by atoms with van der Waals surface area (Å²) in [6.45, 7) is 0.465.